The molecule has 2 bridgehead atoms. The van der Waals surface area contributed by atoms with Crippen molar-refractivity contribution < 1.29 is 58.5 Å². The molecule has 9 rings (SSSR count). The molecule has 0 amide bonds. The summed E-state index contributed by atoms with van der Waals surface area (Å²) in [6.45, 7) is 4.21. The van der Waals surface area contributed by atoms with Crippen LogP contribution in [-0.4, -0.2) is 112 Å². The molecule has 0 aromatic rings. The minimum atomic E-state index is -1.45. The molecule has 13 heteroatoms. The first kappa shape index (κ1) is 28.4. The normalized spacial score (nSPS) is 58.6. The molecule has 1 radical (unpaired) electrons. The molecule has 5 N–H and O–H groups in total. The van der Waals surface area contributed by atoms with Gasteiger partial charge in [0, 0.05) is 42.1 Å². The number of fused-ring (bicyclic) bond motifs is 3. The Labute approximate surface area is 244 Å². The van der Waals surface area contributed by atoms with E-state index in [0.29, 0.717) is 32.1 Å². The molecule has 5 aliphatic heterocycles. The van der Waals surface area contributed by atoms with E-state index >= 15 is 0 Å². The molecule has 4 aliphatic carbocycles. The molecule has 4 saturated carbocycles. The van der Waals surface area contributed by atoms with Crippen molar-refractivity contribution in [1.29, 1.82) is 0 Å². The van der Waals surface area contributed by atoms with Crippen molar-refractivity contribution in [2.45, 2.75) is 119 Å². The first-order chi connectivity index (χ1) is 19.9. The van der Waals surface area contributed by atoms with Crippen LogP contribution < -0.4 is 0 Å². The molecule has 5 heterocycles. The zero-order valence-electron chi connectivity index (χ0n) is 24.0. The Balaban J connectivity index is 1.12. The van der Waals surface area contributed by atoms with Crippen molar-refractivity contribution in [3.05, 3.63) is 11.6 Å². The van der Waals surface area contributed by atoms with E-state index in [1.165, 1.54) is 0 Å². The van der Waals surface area contributed by atoms with Gasteiger partial charge in [-0.3, -0.25) is 0 Å². The van der Waals surface area contributed by atoms with Gasteiger partial charge in [0.1, 0.15) is 24.9 Å². The largest absolute Gasteiger partial charge is 0.566 e. The number of hydrogen-bond donors (Lipinski definition) is 5. The Morgan fingerprint density at radius 2 is 1.86 bits per heavy atom. The van der Waals surface area contributed by atoms with Crippen LogP contribution in [0.5, 0.6) is 0 Å². The molecular formula is C29H41BO12-. The van der Waals surface area contributed by atoms with E-state index in [0.717, 1.165) is 12.0 Å². The van der Waals surface area contributed by atoms with Crippen molar-refractivity contribution in [2.24, 2.45) is 28.6 Å². The minimum Gasteiger partial charge on any atom is -0.566 e. The van der Waals surface area contributed by atoms with E-state index in [4.69, 9.17) is 28.2 Å². The van der Waals surface area contributed by atoms with E-state index in [2.05, 4.69) is 6.92 Å². The third-order valence-electron chi connectivity index (χ3n) is 12.9. The van der Waals surface area contributed by atoms with E-state index in [-0.39, 0.29) is 49.5 Å². The van der Waals surface area contributed by atoms with Crippen LogP contribution in [0.15, 0.2) is 11.6 Å². The van der Waals surface area contributed by atoms with Gasteiger partial charge in [0.25, 0.3) is 0 Å². The first-order valence-corrected chi connectivity index (χ1v) is 15.5. The SMILES string of the molecule is C[C@@H]1O[C@@H](O[C@H]2C[C@H]3O[B-]4OC[C@]35[C@@H]3[C@@H](CC[C@]5(O)C2)[C@@]2(O)CC[C@H](C5=CC(=O)OC5)[C@@]2(C)C[C@H]3O4)[C@H](O)[C@H](O)[C@H]1O. The Hall–Kier alpha value is -1.13. The Bertz CT molecular complexity index is 1190. The molecule has 12 nitrogen and oxygen atoms in total. The number of ether oxygens (including phenoxy) is 3. The fourth-order valence-corrected chi connectivity index (χ4v) is 10.9. The van der Waals surface area contributed by atoms with Gasteiger partial charge in [0.05, 0.1) is 23.4 Å². The van der Waals surface area contributed by atoms with Crippen LogP contribution in [0.25, 0.3) is 0 Å². The number of aliphatic hydroxyl groups is 5. The molecule has 4 saturated heterocycles. The van der Waals surface area contributed by atoms with Gasteiger partial charge in [-0.1, -0.05) is 6.92 Å². The molecule has 0 unspecified atom stereocenters. The number of carbonyl (C=O) groups excluding carboxylic acids is 1. The number of hydrogen-bond acceptors (Lipinski definition) is 12. The van der Waals surface area contributed by atoms with E-state index < -0.39 is 72.3 Å². The Morgan fingerprint density at radius 1 is 1.05 bits per heavy atom. The highest BCUT2D eigenvalue weighted by molar-refractivity contribution is 6.37. The highest BCUT2D eigenvalue weighted by Crippen LogP contribution is 2.72. The number of aliphatic hydroxyl groups excluding tert-OH is 3. The fraction of sp³-hybridized carbons (Fsp3) is 0.897. The van der Waals surface area contributed by atoms with E-state index in [1.54, 1.807) is 13.0 Å². The lowest BCUT2D eigenvalue weighted by molar-refractivity contribution is -0.336. The summed E-state index contributed by atoms with van der Waals surface area (Å²) in [5.74, 6) is -0.749. The number of rotatable bonds is 3. The standard InChI is InChI=1S/C29H41BO12/c1-13-22(32)23(33)24(34)25(39-13)40-15-8-19-28-12-38-30(42-19)41-18-10-26(2)16(14-7-20(31)37-11-14)4-6-29(26,36)17(21(18)28)3-5-27(28,35)9-15/h7,13,15-19,21-25,32-36H,3-6,8-12H2,1-2H3/q-1/t13-,15-,16+,17+,18+,19+,21+,22-,23+,24+,25-,26+,27-,28+,29-/m0/s1. The van der Waals surface area contributed by atoms with Gasteiger partial charge in [0.2, 0.25) is 0 Å². The van der Waals surface area contributed by atoms with Crippen molar-refractivity contribution in [1.82, 2.24) is 0 Å². The van der Waals surface area contributed by atoms with Gasteiger partial charge in [-0.2, -0.15) is 0 Å². The molecule has 0 aromatic carbocycles. The Kier molecular flexibility index (Phi) is 6.22. The van der Waals surface area contributed by atoms with Crippen molar-refractivity contribution >= 4 is 13.3 Å². The molecule has 15 atom stereocenters. The average Bonchev–Trinajstić information content (AvgIpc) is 3.39. The lowest BCUT2D eigenvalue weighted by Gasteiger charge is -2.70. The van der Waals surface area contributed by atoms with E-state index in [1.807, 2.05) is 0 Å². The van der Waals surface area contributed by atoms with E-state index in [9.17, 15) is 30.3 Å². The molecular weight excluding hydrogens is 551 g/mol. The van der Waals surface area contributed by atoms with Gasteiger partial charge in [-0.25, -0.2) is 4.79 Å². The average molecular weight is 592 g/mol. The van der Waals surface area contributed by atoms with Crippen LogP contribution >= 0.6 is 0 Å². The van der Waals surface area contributed by atoms with Crippen LogP contribution in [0, 0.1) is 28.6 Å². The minimum absolute atomic E-state index is 0.0160. The lowest BCUT2D eigenvalue weighted by atomic mass is 9.40. The van der Waals surface area contributed by atoms with Gasteiger partial charge in [-0.15, -0.1) is 0 Å². The molecule has 42 heavy (non-hydrogen) atoms. The number of cyclic esters (lactones) is 1. The topological polar surface area (TPSA) is 174 Å². The van der Waals surface area contributed by atoms with Gasteiger partial charge < -0.3 is 53.7 Å². The third kappa shape index (κ3) is 3.52. The molecule has 0 aromatic heterocycles. The van der Waals surface area contributed by atoms with Gasteiger partial charge >= 0.3 is 13.3 Å². The number of carbonyl (C=O) groups is 1. The zero-order valence-corrected chi connectivity index (χ0v) is 24.0. The quantitative estimate of drug-likeness (QED) is 0.163. The second-order valence-corrected chi connectivity index (χ2v) is 14.5. The monoisotopic (exact) mass is 592 g/mol. The van der Waals surface area contributed by atoms with Crippen LogP contribution in [-0.2, 0) is 33.0 Å². The fourth-order valence-electron chi connectivity index (χ4n) is 10.9. The summed E-state index contributed by atoms with van der Waals surface area (Å²) in [6, 6.07) is 0. The second kappa shape index (κ2) is 9.21. The van der Waals surface area contributed by atoms with Gasteiger partial charge in [0.15, 0.2) is 6.29 Å². The summed E-state index contributed by atoms with van der Waals surface area (Å²) in [4.78, 5) is 12.0. The van der Waals surface area contributed by atoms with Crippen LogP contribution in [0.2, 0.25) is 0 Å². The van der Waals surface area contributed by atoms with Crippen LogP contribution in [0.1, 0.15) is 58.8 Å². The van der Waals surface area contributed by atoms with Crippen molar-refractivity contribution in [2.75, 3.05) is 13.2 Å². The predicted molar refractivity (Wildman–Crippen MR) is 141 cm³/mol. The van der Waals surface area contributed by atoms with Crippen LogP contribution in [0.4, 0.5) is 0 Å². The highest BCUT2D eigenvalue weighted by atomic mass is 16.8. The maximum atomic E-state index is 12.7. The van der Waals surface area contributed by atoms with Gasteiger partial charge in [-0.05, 0) is 68.8 Å². The maximum absolute atomic E-state index is 12.7. The first-order valence-electron chi connectivity index (χ1n) is 15.5. The maximum Gasteiger partial charge on any atom is 0.331 e. The smallest absolute Gasteiger partial charge is 0.331 e. The van der Waals surface area contributed by atoms with Crippen molar-refractivity contribution in [3.63, 3.8) is 0 Å². The summed E-state index contributed by atoms with van der Waals surface area (Å²) >= 11 is 0. The number of esters is 1. The second-order valence-electron chi connectivity index (χ2n) is 14.5. The molecule has 1 spiro atoms. The predicted octanol–water partition coefficient (Wildman–Crippen LogP) is -0.430. The zero-order chi connectivity index (χ0) is 29.4. The summed E-state index contributed by atoms with van der Waals surface area (Å²) in [6.07, 6.45) is -2.36. The summed E-state index contributed by atoms with van der Waals surface area (Å²) in [7, 11) is -0.932. The molecule has 233 valence electrons. The summed E-state index contributed by atoms with van der Waals surface area (Å²) in [5, 5.41) is 56.2. The van der Waals surface area contributed by atoms with Crippen molar-refractivity contribution in [3.8, 4) is 0 Å². The third-order valence-corrected chi connectivity index (χ3v) is 12.9. The molecule has 9 aliphatic rings. The summed E-state index contributed by atoms with van der Waals surface area (Å²) < 4.78 is 36.2. The molecule has 8 fully saturated rings. The summed E-state index contributed by atoms with van der Waals surface area (Å²) in [5.41, 5.74) is -2.76. The Morgan fingerprint density at radius 3 is 2.62 bits per heavy atom. The lowest BCUT2D eigenvalue weighted by Crippen LogP contribution is -2.76. The highest BCUT2D eigenvalue weighted by Gasteiger charge is 2.76. The van der Waals surface area contributed by atoms with Crippen LogP contribution in [0.3, 0.4) is 0 Å².